The Labute approximate surface area is 170 Å². The minimum atomic E-state index is -4.88. The van der Waals surface area contributed by atoms with E-state index in [1.54, 1.807) is 0 Å². The molecule has 12 heteroatoms. The highest BCUT2D eigenvalue weighted by Crippen LogP contribution is 2.23. The first-order chi connectivity index (χ1) is 14.0. The Morgan fingerprint density at radius 2 is 1.60 bits per heavy atom. The molecule has 0 aliphatic rings. The van der Waals surface area contributed by atoms with Gasteiger partial charge in [0.2, 0.25) is 15.9 Å². The highest BCUT2D eigenvalue weighted by Gasteiger charge is 2.31. The van der Waals surface area contributed by atoms with E-state index < -0.39 is 34.0 Å². The molecule has 2 N–H and O–H groups in total. The monoisotopic (exact) mass is 446 g/mol. The fourth-order valence-corrected chi connectivity index (χ4v) is 3.27. The molecule has 0 atom stereocenters. The van der Waals surface area contributed by atoms with Crippen LogP contribution in [0.25, 0.3) is 0 Å². The topological polar surface area (TPSA) is 111 Å². The van der Waals surface area contributed by atoms with Gasteiger partial charge in [-0.15, -0.1) is 13.2 Å². The Balaban J connectivity index is 1.86. The normalized spacial score (nSPS) is 11.6. The van der Waals surface area contributed by atoms with Crippen molar-refractivity contribution in [3.05, 3.63) is 54.1 Å². The number of anilines is 1. The lowest BCUT2D eigenvalue weighted by molar-refractivity contribution is -0.274. The fourth-order valence-electron chi connectivity index (χ4n) is 2.23. The molecular formula is C18H17F3N2O6S. The minimum Gasteiger partial charge on any atom is -0.465 e. The molecule has 0 bridgehead atoms. The molecule has 0 aliphatic heterocycles. The van der Waals surface area contributed by atoms with Crippen LogP contribution < -0.4 is 14.8 Å². The molecule has 162 valence electrons. The molecule has 30 heavy (non-hydrogen) atoms. The molecule has 0 unspecified atom stereocenters. The predicted octanol–water partition coefficient (Wildman–Crippen LogP) is 2.68. The summed E-state index contributed by atoms with van der Waals surface area (Å²) in [5, 5.41) is 2.53. The largest absolute Gasteiger partial charge is 0.573 e. The van der Waals surface area contributed by atoms with Crippen molar-refractivity contribution in [3.63, 3.8) is 0 Å². The number of amides is 1. The molecule has 8 nitrogen and oxygen atoms in total. The summed E-state index contributed by atoms with van der Waals surface area (Å²) < 4.78 is 71.1. The average Bonchev–Trinajstić information content (AvgIpc) is 2.67. The molecule has 0 aliphatic carbocycles. The van der Waals surface area contributed by atoms with Crippen molar-refractivity contribution in [3.8, 4) is 5.75 Å². The van der Waals surface area contributed by atoms with Crippen LogP contribution in [0.1, 0.15) is 16.8 Å². The number of sulfonamides is 1. The number of alkyl halides is 3. The molecule has 0 heterocycles. The van der Waals surface area contributed by atoms with E-state index in [2.05, 4.69) is 19.5 Å². The summed E-state index contributed by atoms with van der Waals surface area (Å²) in [6.45, 7) is -0.241. The molecule has 0 radical (unpaired) electrons. The van der Waals surface area contributed by atoms with E-state index >= 15 is 0 Å². The number of esters is 1. The van der Waals surface area contributed by atoms with Crippen molar-refractivity contribution in [2.24, 2.45) is 0 Å². The van der Waals surface area contributed by atoms with Crippen molar-refractivity contribution < 1.29 is 40.7 Å². The number of carbonyl (C=O) groups excluding carboxylic acids is 2. The van der Waals surface area contributed by atoms with E-state index in [1.807, 2.05) is 0 Å². The van der Waals surface area contributed by atoms with Crippen LogP contribution in [-0.2, 0) is 19.6 Å². The Kier molecular flexibility index (Phi) is 7.40. The summed E-state index contributed by atoms with van der Waals surface area (Å²) in [7, 11) is -2.79. The third-order valence-corrected chi connectivity index (χ3v) is 5.08. The molecule has 0 aromatic heterocycles. The van der Waals surface area contributed by atoms with Crippen molar-refractivity contribution in [2.45, 2.75) is 17.7 Å². The van der Waals surface area contributed by atoms with Crippen molar-refractivity contribution in [2.75, 3.05) is 19.0 Å². The third-order valence-electron chi connectivity index (χ3n) is 3.60. The number of hydrogen-bond acceptors (Lipinski definition) is 6. The molecule has 0 fully saturated rings. The van der Waals surface area contributed by atoms with Crippen LogP contribution in [0.2, 0.25) is 0 Å². The van der Waals surface area contributed by atoms with Crippen LogP contribution in [0.5, 0.6) is 5.75 Å². The lowest BCUT2D eigenvalue weighted by atomic mass is 10.2. The maximum absolute atomic E-state index is 12.1. The molecule has 0 saturated heterocycles. The SMILES string of the molecule is COC(=O)c1ccc(NC(=O)CCNS(=O)(=O)c2ccc(OC(F)(F)F)cc2)cc1. The number of benzene rings is 2. The van der Waals surface area contributed by atoms with Crippen LogP contribution in [0.4, 0.5) is 18.9 Å². The lowest BCUT2D eigenvalue weighted by Gasteiger charge is -2.10. The number of hydrogen-bond donors (Lipinski definition) is 2. The number of ether oxygens (including phenoxy) is 2. The predicted molar refractivity (Wildman–Crippen MR) is 99.3 cm³/mol. The zero-order valence-electron chi connectivity index (χ0n) is 15.5. The smallest absolute Gasteiger partial charge is 0.465 e. The van der Waals surface area contributed by atoms with Gasteiger partial charge < -0.3 is 14.8 Å². The quantitative estimate of drug-likeness (QED) is 0.604. The maximum Gasteiger partial charge on any atom is 0.573 e. The second kappa shape index (κ2) is 9.59. The van der Waals surface area contributed by atoms with Gasteiger partial charge in [-0.1, -0.05) is 0 Å². The number of carbonyl (C=O) groups is 2. The molecule has 2 aromatic rings. The highest BCUT2D eigenvalue weighted by molar-refractivity contribution is 7.89. The van der Waals surface area contributed by atoms with Gasteiger partial charge >= 0.3 is 12.3 Å². The van der Waals surface area contributed by atoms with Gasteiger partial charge in [-0.3, -0.25) is 4.79 Å². The fraction of sp³-hybridized carbons (Fsp3) is 0.222. The van der Waals surface area contributed by atoms with Crippen LogP contribution >= 0.6 is 0 Å². The van der Waals surface area contributed by atoms with Gasteiger partial charge in [-0.2, -0.15) is 0 Å². The Morgan fingerprint density at radius 1 is 1.00 bits per heavy atom. The minimum absolute atomic E-state index is 0.201. The second-order valence-electron chi connectivity index (χ2n) is 5.78. The average molecular weight is 446 g/mol. The Morgan fingerprint density at radius 3 is 2.13 bits per heavy atom. The maximum atomic E-state index is 12.1. The molecular weight excluding hydrogens is 429 g/mol. The van der Waals surface area contributed by atoms with Crippen molar-refractivity contribution in [1.29, 1.82) is 0 Å². The van der Waals surface area contributed by atoms with E-state index in [0.29, 0.717) is 11.3 Å². The third kappa shape index (κ3) is 7.04. The first-order valence-electron chi connectivity index (χ1n) is 8.34. The van der Waals surface area contributed by atoms with Gasteiger partial charge in [0.05, 0.1) is 17.6 Å². The molecule has 0 saturated carbocycles. The van der Waals surface area contributed by atoms with Crippen LogP contribution in [0.3, 0.4) is 0 Å². The summed E-state index contributed by atoms with van der Waals surface area (Å²) in [4.78, 5) is 23.0. The van der Waals surface area contributed by atoms with Gasteiger partial charge in [-0.25, -0.2) is 17.9 Å². The molecule has 2 rings (SSSR count). The van der Waals surface area contributed by atoms with Crippen molar-refractivity contribution >= 4 is 27.6 Å². The van der Waals surface area contributed by atoms with Crippen molar-refractivity contribution in [1.82, 2.24) is 4.72 Å². The Hall–Kier alpha value is -3.12. The number of methoxy groups -OCH3 is 1. The van der Waals surface area contributed by atoms with Crippen LogP contribution in [-0.4, -0.2) is 40.3 Å². The highest BCUT2D eigenvalue weighted by atomic mass is 32.2. The van der Waals surface area contributed by atoms with E-state index in [0.717, 1.165) is 24.3 Å². The van der Waals surface area contributed by atoms with Crippen LogP contribution in [0.15, 0.2) is 53.4 Å². The second-order valence-corrected chi connectivity index (χ2v) is 7.55. The van der Waals surface area contributed by atoms with E-state index in [1.165, 1.54) is 31.4 Å². The van der Waals surface area contributed by atoms with Gasteiger partial charge in [0, 0.05) is 18.7 Å². The van der Waals surface area contributed by atoms with Gasteiger partial charge in [0.1, 0.15) is 5.75 Å². The summed E-state index contributed by atoms with van der Waals surface area (Å²) in [6.07, 6.45) is -5.08. The summed E-state index contributed by atoms with van der Waals surface area (Å²) >= 11 is 0. The molecule has 0 spiro atoms. The van der Waals surface area contributed by atoms with E-state index in [-0.39, 0.29) is 17.9 Å². The van der Waals surface area contributed by atoms with E-state index in [9.17, 15) is 31.2 Å². The first kappa shape index (κ1) is 23.2. The van der Waals surface area contributed by atoms with E-state index in [4.69, 9.17) is 0 Å². The number of nitrogens with one attached hydrogen (secondary N) is 2. The zero-order valence-corrected chi connectivity index (χ0v) is 16.3. The van der Waals surface area contributed by atoms with Gasteiger partial charge in [0.15, 0.2) is 0 Å². The Bertz CT molecular complexity index is 990. The summed E-state index contributed by atoms with van der Waals surface area (Å²) in [6, 6.07) is 9.52. The van der Waals surface area contributed by atoms with Gasteiger partial charge in [0.25, 0.3) is 0 Å². The molecule has 2 aromatic carbocycles. The summed E-state index contributed by atoms with van der Waals surface area (Å²) in [5.41, 5.74) is 0.700. The van der Waals surface area contributed by atoms with Crippen LogP contribution in [0, 0.1) is 0 Å². The number of rotatable bonds is 8. The lowest BCUT2D eigenvalue weighted by Crippen LogP contribution is -2.27. The number of halogens is 3. The zero-order chi connectivity index (χ0) is 22.4. The van der Waals surface area contributed by atoms with Gasteiger partial charge in [-0.05, 0) is 48.5 Å². The first-order valence-corrected chi connectivity index (χ1v) is 9.82. The standard InChI is InChI=1S/C18H17F3N2O6S/c1-28-17(25)12-2-4-13(5-3-12)23-16(24)10-11-22-30(26,27)15-8-6-14(7-9-15)29-18(19,20)21/h2-9,22H,10-11H2,1H3,(H,23,24). The summed E-state index contributed by atoms with van der Waals surface area (Å²) in [5.74, 6) is -1.57. The molecule has 1 amide bonds.